The number of carbonyl (C=O) groups is 2. The molecule has 0 bridgehead atoms. The van der Waals surface area contributed by atoms with Gasteiger partial charge in [0.05, 0.1) is 6.61 Å². The van der Waals surface area contributed by atoms with Crippen LogP contribution in [-0.4, -0.2) is 31.7 Å². The molecular weight excluding hydrogens is 382 g/mol. The topological polar surface area (TPSA) is 73.9 Å². The van der Waals surface area contributed by atoms with E-state index in [1.165, 1.54) is 0 Å². The summed E-state index contributed by atoms with van der Waals surface area (Å²) in [7, 11) is 0. The van der Waals surface area contributed by atoms with Gasteiger partial charge in [-0.25, -0.2) is 4.79 Å². The number of rotatable bonds is 9. The molecule has 6 heteroatoms. The highest BCUT2D eigenvalue weighted by molar-refractivity contribution is 5.93. The van der Waals surface area contributed by atoms with Gasteiger partial charge in [0.15, 0.2) is 24.7 Å². The zero-order valence-electron chi connectivity index (χ0n) is 16.7. The van der Waals surface area contributed by atoms with Gasteiger partial charge < -0.3 is 19.5 Å². The fourth-order valence-electron chi connectivity index (χ4n) is 2.74. The van der Waals surface area contributed by atoms with Crippen LogP contribution < -0.4 is 14.8 Å². The van der Waals surface area contributed by atoms with Gasteiger partial charge in [-0.2, -0.15) is 0 Å². The molecule has 0 saturated carbocycles. The maximum Gasteiger partial charge on any atom is 0.344 e. The van der Waals surface area contributed by atoms with E-state index in [0.717, 1.165) is 11.1 Å². The van der Waals surface area contributed by atoms with Gasteiger partial charge in [-0.05, 0) is 42.3 Å². The van der Waals surface area contributed by atoms with E-state index in [1.807, 2.05) is 55.5 Å². The summed E-state index contributed by atoms with van der Waals surface area (Å²) in [6.07, 6.45) is 0. The number of carbonyl (C=O) groups excluding carboxylic acids is 2. The lowest BCUT2D eigenvalue weighted by Crippen LogP contribution is -2.23. The first kappa shape index (κ1) is 20.9. The van der Waals surface area contributed by atoms with E-state index < -0.39 is 18.5 Å². The Morgan fingerprint density at radius 3 is 2.00 bits per heavy atom. The molecule has 154 valence electrons. The van der Waals surface area contributed by atoms with Crippen LogP contribution in [0.1, 0.15) is 6.92 Å². The van der Waals surface area contributed by atoms with E-state index in [1.54, 1.807) is 30.3 Å². The molecular formula is C24H23NO5. The van der Waals surface area contributed by atoms with E-state index in [-0.39, 0.29) is 6.61 Å². The molecule has 0 heterocycles. The molecule has 30 heavy (non-hydrogen) atoms. The van der Waals surface area contributed by atoms with Crippen LogP contribution in [0.25, 0.3) is 11.1 Å². The van der Waals surface area contributed by atoms with E-state index in [2.05, 4.69) is 5.32 Å². The molecule has 3 rings (SSSR count). The van der Waals surface area contributed by atoms with Crippen LogP contribution in [0.2, 0.25) is 0 Å². The molecule has 1 amide bonds. The van der Waals surface area contributed by atoms with Crippen molar-refractivity contribution in [2.24, 2.45) is 0 Å². The Morgan fingerprint density at radius 2 is 1.33 bits per heavy atom. The summed E-state index contributed by atoms with van der Waals surface area (Å²) < 4.78 is 15.8. The summed E-state index contributed by atoms with van der Waals surface area (Å²) in [6.45, 7) is 1.63. The van der Waals surface area contributed by atoms with Crippen LogP contribution in [0, 0.1) is 0 Å². The Kier molecular flexibility index (Phi) is 7.44. The van der Waals surface area contributed by atoms with Gasteiger partial charge in [-0.15, -0.1) is 0 Å². The SMILES string of the molecule is CCOc1ccccc1OCC(=O)OCC(=O)Nc1ccc(-c2ccccc2)cc1. The molecule has 0 aliphatic rings. The predicted molar refractivity (Wildman–Crippen MR) is 115 cm³/mol. The summed E-state index contributed by atoms with van der Waals surface area (Å²) in [5.74, 6) is -0.0786. The van der Waals surface area contributed by atoms with Gasteiger partial charge in [0.1, 0.15) is 0 Å². The van der Waals surface area contributed by atoms with Crippen LogP contribution in [-0.2, 0) is 14.3 Å². The second-order valence-electron chi connectivity index (χ2n) is 6.32. The fraction of sp³-hybridized carbons (Fsp3) is 0.167. The van der Waals surface area contributed by atoms with Crippen LogP contribution in [0.3, 0.4) is 0 Å². The fourth-order valence-corrected chi connectivity index (χ4v) is 2.74. The van der Waals surface area contributed by atoms with Crippen molar-refractivity contribution in [3.05, 3.63) is 78.9 Å². The second kappa shape index (κ2) is 10.7. The monoisotopic (exact) mass is 405 g/mol. The number of amides is 1. The number of hydrogen-bond donors (Lipinski definition) is 1. The Morgan fingerprint density at radius 1 is 0.733 bits per heavy atom. The van der Waals surface area contributed by atoms with Crippen molar-refractivity contribution in [2.45, 2.75) is 6.92 Å². The number of benzene rings is 3. The minimum Gasteiger partial charge on any atom is -0.490 e. The minimum atomic E-state index is -0.643. The van der Waals surface area contributed by atoms with Crippen LogP contribution in [0.15, 0.2) is 78.9 Å². The zero-order chi connectivity index (χ0) is 21.2. The van der Waals surface area contributed by atoms with Gasteiger partial charge >= 0.3 is 5.97 Å². The summed E-state index contributed by atoms with van der Waals surface area (Å²) in [5, 5.41) is 2.70. The third kappa shape index (κ3) is 6.10. The minimum absolute atomic E-state index is 0.316. The van der Waals surface area contributed by atoms with E-state index in [0.29, 0.717) is 23.8 Å². The maximum atomic E-state index is 12.0. The molecule has 6 nitrogen and oxygen atoms in total. The van der Waals surface area contributed by atoms with E-state index in [9.17, 15) is 9.59 Å². The second-order valence-corrected chi connectivity index (χ2v) is 6.32. The highest BCUT2D eigenvalue weighted by Gasteiger charge is 2.11. The van der Waals surface area contributed by atoms with Crippen molar-refractivity contribution >= 4 is 17.6 Å². The largest absolute Gasteiger partial charge is 0.490 e. The third-order valence-electron chi connectivity index (χ3n) is 4.13. The highest BCUT2D eigenvalue weighted by Crippen LogP contribution is 2.26. The molecule has 3 aromatic rings. The molecule has 0 fully saturated rings. The molecule has 1 N–H and O–H groups in total. The van der Waals surface area contributed by atoms with Gasteiger partial charge in [-0.3, -0.25) is 4.79 Å². The van der Waals surface area contributed by atoms with Crippen molar-refractivity contribution in [3.8, 4) is 22.6 Å². The van der Waals surface area contributed by atoms with Gasteiger partial charge in [-0.1, -0.05) is 54.6 Å². The van der Waals surface area contributed by atoms with Crippen molar-refractivity contribution in [1.82, 2.24) is 0 Å². The molecule has 0 atom stereocenters. The zero-order valence-corrected chi connectivity index (χ0v) is 16.7. The summed E-state index contributed by atoms with van der Waals surface area (Å²) in [5.41, 5.74) is 2.76. The Labute approximate surface area is 175 Å². The standard InChI is InChI=1S/C24H23NO5/c1-2-28-21-10-6-7-11-22(21)29-17-24(27)30-16-23(26)25-20-14-12-19(13-15-20)18-8-4-3-5-9-18/h3-15H,2,16-17H2,1H3,(H,25,26). The third-order valence-corrected chi connectivity index (χ3v) is 4.13. The number of hydrogen-bond acceptors (Lipinski definition) is 5. The van der Waals surface area contributed by atoms with Crippen LogP contribution in [0.5, 0.6) is 11.5 Å². The lowest BCUT2D eigenvalue weighted by atomic mass is 10.1. The van der Waals surface area contributed by atoms with Gasteiger partial charge in [0.2, 0.25) is 0 Å². The normalized spacial score (nSPS) is 10.2. The lowest BCUT2D eigenvalue weighted by molar-refractivity contribution is -0.149. The molecule has 0 spiro atoms. The summed E-state index contributed by atoms with van der Waals surface area (Å²) in [4.78, 5) is 23.9. The predicted octanol–water partition coefficient (Wildman–Crippen LogP) is 4.31. The Hall–Kier alpha value is -3.80. The van der Waals surface area contributed by atoms with E-state index >= 15 is 0 Å². The molecule has 0 aliphatic carbocycles. The van der Waals surface area contributed by atoms with E-state index in [4.69, 9.17) is 14.2 Å². The molecule has 0 radical (unpaired) electrons. The number of anilines is 1. The van der Waals surface area contributed by atoms with Crippen molar-refractivity contribution in [2.75, 3.05) is 25.1 Å². The van der Waals surface area contributed by atoms with Gasteiger partial charge in [0.25, 0.3) is 5.91 Å². The van der Waals surface area contributed by atoms with Gasteiger partial charge in [0, 0.05) is 5.69 Å². The van der Waals surface area contributed by atoms with Crippen molar-refractivity contribution in [3.63, 3.8) is 0 Å². The average Bonchev–Trinajstić information content (AvgIpc) is 2.78. The summed E-state index contributed by atoms with van der Waals surface area (Å²) in [6, 6.07) is 24.4. The molecule has 0 aliphatic heterocycles. The molecule has 3 aromatic carbocycles. The Bertz CT molecular complexity index is 970. The average molecular weight is 405 g/mol. The van der Waals surface area contributed by atoms with Crippen molar-refractivity contribution in [1.29, 1.82) is 0 Å². The molecule has 0 aromatic heterocycles. The smallest absolute Gasteiger partial charge is 0.344 e. The quantitative estimate of drug-likeness (QED) is 0.537. The highest BCUT2D eigenvalue weighted by atomic mass is 16.6. The Balaban J connectivity index is 1.44. The number of esters is 1. The summed E-state index contributed by atoms with van der Waals surface area (Å²) >= 11 is 0. The molecule has 0 saturated heterocycles. The first-order valence-electron chi connectivity index (χ1n) is 9.61. The lowest BCUT2D eigenvalue weighted by Gasteiger charge is -2.11. The first-order chi connectivity index (χ1) is 14.7. The van der Waals surface area contributed by atoms with Crippen LogP contribution >= 0.6 is 0 Å². The van der Waals surface area contributed by atoms with Crippen molar-refractivity contribution < 1.29 is 23.8 Å². The number of ether oxygens (including phenoxy) is 3. The first-order valence-corrected chi connectivity index (χ1v) is 9.61. The molecule has 0 unspecified atom stereocenters. The number of para-hydroxylation sites is 2. The number of nitrogens with one attached hydrogen (secondary N) is 1. The maximum absolute atomic E-state index is 12.0. The van der Waals surface area contributed by atoms with Crippen LogP contribution in [0.4, 0.5) is 5.69 Å².